The lowest BCUT2D eigenvalue weighted by Crippen LogP contribution is -2.52. The molecule has 0 atom stereocenters. The predicted molar refractivity (Wildman–Crippen MR) is 34.8 cm³/mol. The first-order valence-electron chi connectivity index (χ1n) is 2.44. The first-order valence-corrected chi connectivity index (χ1v) is 3.52. The molecule has 12 heavy (non-hydrogen) atoms. The van der Waals surface area contributed by atoms with E-state index in [0.29, 0.717) is 0 Å². The van der Waals surface area contributed by atoms with Crippen molar-refractivity contribution in [2.24, 2.45) is 0 Å². The molecular formula is C4H2F7I. The molecule has 0 aliphatic rings. The minimum atomic E-state index is -5.67. The number of alkyl halides is 8. The molecule has 0 aliphatic carbocycles. The first-order chi connectivity index (χ1) is 5.06. The van der Waals surface area contributed by atoms with E-state index in [4.69, 9.17) is 0 Å². The fourth-order valence-corrected chi connectivity index (χ4v) is 0.686. The maximum Gasteiger partial charge on any atom is 0.383 e. The van der Waals surface area contributed by atoms with E-state index in [0.717, 1.165) is 0 Å². The fraction of sp³-hybridized carbons (Fsp3) is 1.00. The van der Waals surface area contributed by atoms with Crippen LogP contribution in [-0.2, 0) is 0 Å². The Balaban J connectivity index is 4.85. The number of hydrogen-bond donors (Lipinski definition) is 0. The van der Waals surface area contributed by atoms with Crippen LogP contribution in [0.4, 0.5) is 30.7 Å². The molecule has 0 fully saturated rings. The third kappa shape index (κ3) is 1.94. The van der Waals surface area contributed by atoms with Gasteiger partial charge in [0.25, 0.3) is 0 Å². The molecular weight excluding hydrogens is 308 g/mol. The Hall–Kier alpha value is 0.240. The van der Waals surface area contributed by atoms with Crippen molar-refractivity contribution in [3.63, 3.8) is 0 Å². The van der Waals surface area contributed by atoms with Crippen LogP contribution in [0.1, 0.15) is 0 Å². The van der Waals surface area contributed by atoms with Crippen LogP contribution in [-0.4, -0.2) is 22.4 Å². The Bertz CT molecular complexity index is 159. The number of rotatable bonds is 3. The van der Waals surface area contributed by atoms with Crippen LogP contribution in [0.5, 0.6) is 0 Å². The maximum atomic E-state index is 12.0. The zero-order valence-electron chi connectivity index (χ0n) is 5.23. The molecule has 8 heteroatoms. The molecule has 0 rings (SSSR count). The summed E-state index contributed by atoms with van der Waals surface area (Å²) < 4.78 is 77.4. The second-order valence-electron chi connectivity index (χ2n) is 1.91. The van der Waals surface area contributed by atoms with E-state index in [1.807, 2.05) is 0 Å². The van der Waals surface area contributed by atoms with Gasteiger partial charge in [-0.25, -0.2) is 4.39 Å². The quantitative estimate of drug-likeness (QED) is 0.426. The van der Waals surface area contributed by atoms with E-state index >= 15 is 0 Å². The highest BCUT2D eigenvalue weighted by Crippen LogP contribution is 2.49. The minimum absolute atomic E-state index is 0.162. The molecule has 0 radical (unpaired) electrons. The molecule has 0 N–H and O–H groups in total. The van der Waals surface area contributed by atoms with E-state index in [9.17, 15) is 30.7 Å². The topological polar surface area (TPSA) is 0 Å². The Morgan fingerprint density at radius 2 is 1.25 bits per heavy atom. The molecule has 0 saturated heterocycles. The lowest BCUT2D eigenvalue weighted by molar-refractivity contribution is -0.274. The monoisotopic (exact) mass is 310 g/mol. The fourth-order valence-electron chi connectivity index (χ4n) is 0.291. The molecule has 0 nitrogen and oxygen atoms in total. The third-order valence-electron chi connectivity index (χ3n) is 0.983. The third-order valence-corrected chi connectivity index (χ3v) is 1.66. The van der Waals surface area contributed by atoms with Gasteiger partial charge in [0.05, 0.1) is 0 Å². The van der Waals surface area contributed by atoms with Crippen molar-refractivity contribution in [1.29, 1.82) is 0 Å². The van der Waals surface area contributed by atoms with Gasteiger partial charge in [0.1, 0.15) is 0 Å². The van der Waals surface area contributed by atoms with Crippen molar-refractivity contribution in [2.75, 3.05) is 6.67 Å². The van der Waals surface area contributed by atoms with Crippen molar-refractivity contribution in [1.82, 2.24) is 0 Å². The van der Waals surface area contributed by atoms with Crippen LogP contribution in [0.3, 0.4) is 0 Å². The first kappa shape index (κ1) is 12.2. The van der Waals surface area contributed by atoms with Crippen molar-refractivity contribution >= 4 is 22.6 Å². The van der Waals surface area contributed by atoms with Crippen molar-refractivity contribution in [2.45, 2.75) is 15.8 Å². The van der Waals surface area contributed by atoms with Gasteiger partial charge in [0, 0.05) is 22.6 Å². The van der Waals surface area contributed by atoms with E-state index in [2.05, 4.69) is 0 Å². The Morgan fingerprint density at radius 1 is 0.917 bits per heavy atom. The summed E-state index contributed by atoms with van der Waals surface area (Å²) in [7, 11) is 0. The van der Waals surface area contributed by atoms with E-state index < -0.39 is 22.4 Å². The lowest BCUT2D eigenvalue weighted by Gasteiger charge is -2.27. The molecule has 0 aliphatic heterocycles. The molecule has 0 spiro atoms. The Morgan fingerprint density at radius 3 is 1.33 bits per heavy atom. The van der Waals surface area contributed by atoms with E-state index in [-0.39, 0.29) is 22.6 Å². The highest BCUT2D eigenvalue weighted by molar-refractivity contribution is 14.1. The summed E-state index contributed by atoms with van der Waals surface area (Å²) in [4.78, 5) is 0. The van der Waals surface area contributed by atoms with Gasteiger partial charge in [0.15, 0.2) is 6.67 Å². The summed E-state index contributed by atoms with van der Waals surface area (Å²) in [6.45, 7) is -2.82. The van der Waals surface area contributed by atoms with Crippen molar-refractivity contribution < 1.29 is 30.7 Å². The van der Waals surface area contributed by atoms with Gasteiger partial charge >= 0.3 is 15.8 Å². The number of hydrogen-bond acceptors (Lipinski definition) is 0. The SMILES string of the molecule is FCC(F)(F)C(F)(F)C(F)(F)I. The van der Waals surface area contributed by atoms with Crippen LogP contribution in [0.15, 0.2) is 0 Å². The highest BCUT2D eigenvalue weighted by atomic mass is 127. The van der Waals surface area contributed by atoms with Gasteiger partial charge in [-0.3, -0.25) is 0 Å². The van der Waals surface area contributed by atoms with Crippen molar-refractivity contribution in [3.05, 3.63) is 0 Å². The summed E-state index contributed by atoms with van der Waals surface area (Å²) in [5.74, 6) is -11.0. The molecule has 0 aromatic rings. The molecule has 0 aromatic heterocycles. The molecule has 0 heterocycles. The summed E-state index contributed by atoms with van der Waals surface area (Å²) in [6.07, 6.45) is 0. The smallest absolute Gasteiger partial charge is 0.244 e. The van der Waals surface area contributed by atoms with Crippen LogP contribution in [0, 0.1) is 0 Å². The van der Waals surface area contributed by atoms with Gasteiger partial charge in [-0.15, -0.1) is 0 Å². The molecule has 0 aromatic carbocycles. The Kier molecular flexibility index (Phi) is 3.25. The summed E-state index contributed by atoms with van der Waals surface area (Å²) in [5, 5.41) is 0. The zero-order chi connectivity index (χ0) is 10.2. The molecule has 74 valence electrons. The standard InChI is InChI=1S/C4H2F7I/c5-1-2(6,7)3(8,9)4(10,11)12/h1H2. The molecule has 0 amide bonds. The van der Waals surface area contributed by atoms with E-state index in [1.165, 1.54) is 0 Å². The maximum absolute atomic E-state index is 12.0. The second-order valence-corrected chi connectivity index (χ2v) is 3.27. The normalized spacial score (nSPS) is 15.0. The predicted octanol–water partition coefficient (Wildman–Crippen LogP) is 3.25. The van der Waals surface area contributed by atoms with E-state index in [1.54, 1.807) is 0 Å². The minimum Gasteiger partial charge on any atom is -0.244 e. The van der Waals surface area contributed by atoms with Gasteiger partial charge in [-0.2, -0.15) is 26.3 Å². The van der Waals surface area contributed by atoms with Crippen LogP contribution < -0.4 is 0 Å². The highest BCUT2D eigenvalue weighted by Gasteiger charge is 2.70. The van der Waals surface area contributed by atoms with Crippen LogP contribution >= 0.6 is 22.6 Å². The average molecular weight is 310 g/mol. The largest absolute Gasteiger partial charge is 0.383 e. The summed E-state index contributed by atoms with van der Waals surface area (Å²) >= 11 is -0.162. The molecule has 0 saturated carbocycles. The van der Waals surface area contributed by atoms with Crippen LogP contribution in [0.2, 0.25) is 0 Å². The number of halogens is 8. The van der Waals surface area contributed by atoms with Crippen LogP contribution in [0.25, 0.3) is 0 Å². The zero-order valence-corrected chi connectivity index (χ0v) is 7.39. The second kappa shape index (κ2) is 3.18. The van der Waals surface area contributed by atoms with Crippen molar-refractivity contribution in [3.8, 4) is 0 Å². The molecule has 0 unspecified atom stereocenters. The van der Waals surface area contributed by atoms with Gasteiger partial charge in [-0.1, -0.05) is 0 Å². The summed E-state index contributed by atoms with van der Waals surface area (Å²) in [6, 6.07) is 0. The van der Waals surface area contributed by atoms with Gasteiger partial charge in [-0.05, 0) is 0 Å². The summed E-state index contributed by atoms with van der Waals surface area (Å²) in [5.41, 5.74) is 0. The van der Waals surface area contributed by atoms with Gasteiger partial charge in [0.2, 0.25) is 0 Å². The Labute approximate surface area is 76.3 Å². The lowest BCUT2D eigenvalue weighted by atomic mass is 10.2. The van der Waals surface area contributed by atoms with Gasteiger partial charge < -0.3 is 0 Å². The molecule has 0 bridgehead atoms. The average Bonchev–Trinajstić information content (AvgIpc) is 1.85.